The van der Waals surface area contributed by atoms with E-state index in [2.05, 4.69) is 33.9 Å². The third-order valence-corrected chi connectivity index (χ3v) is 9.76. The maximum absolute atomic E-state index is 11.8. The average molecular weight is 377 g/mol. The number of rotatable bonds is 7. The summed E-state index contributed by atoms with van der Waals surface area (Å²) in [6.07, 6.45) is 2.79. The number of hydrogen-bond acceptors (Lipinski definition) is 4. The molecule has 144 valence electrons. The monoisotopic (exact) mass is 376 g/mol. The molecule has 4 nitrogen and oxygen atoms in total. The number of benzene rings is 1. The first kappa shape index (κ1) is 20.9. The number of ether oxygens (including phenoxy) is 2. The lowest BCUT2D eigenvalue weighted by Gasteiger charge is -2.42. The molecule has 0 amide bonds. The molecule has 0 bridgehead atoms. The van der Waals surface area contributed by atoms with Crippen LogP contribution in [0.25, 0.3) is 0 Å². The van der Waals surface area contributed by atoms with E-state index in [0.717, 1.165) is 5.56 Å². The summed E-state index contributed by atoms with van der Waals surface area (Å²) in [4.78, 5) is 11.8. The smallest absolute Gasteiger partial charge is 0.330 e. The topological polar surface area (TPSA) is 44.8 Å². The second kappa shape index (κ2) is 8.50. The van der Waals surface area contributed by atoms with Gasteiger partial charge in [0.2, 0.25) is 0 Å². The minimum atomic E-state index is -1.97. The lowest BCUT2D eigenvalue weighted by atomic mass is 9.98. The van der Waals surface area contributed by atoms with Crippen LogP contribution in [0.2, 0.25) is 18.1 Å². The van der Waals surface area contributed by atoms with Crippen molar-refractivity contribution in [2.75, 3.05) is 6.61 Å². The van der Waals surface area contributed by atoms with Gasteiger partial charge in [0, 0.05) is 12.0 Å². The molecule has 1 aliphatic rings. The maximum Gasteiger partial charge on any atom is 0.330 e. The highest BCUT2D eigenvalue weighted by Gasteiger charge is 2.42. The van der Waals surface area contributed by atoms with Crippen LogP contribution in [-0.4, -0.2) is 33.1 Å². The van der Waals surface area contributed by atoms with Gasteiger partial charge < -0.3 is 13.9 Å². The third-order valence-electron chi connectivity index (χ3n) is 5.29. The predicted molar refractivity (Wildman–Crippen MR) is 106 cm³/mol. The first-order valence-corrected chi connectivity index (χ1v) is 12.2. The van der Waals surface area contributed by atoms with Crippen LogP contribution in [0.3, 0.4) is 0 Å². The molecule has 0 fully saturated rings. The van der Waals surface area contributed by atoms with Crippen LogP contribution in [0.5, 0.6) is 0 Å². The Hall–Kier alpha value is -1.43. The molecule has 1 aliphatic heterocycles. The van der Waals surface area contributed by atoms with Crippen molar-refractivity contribution < 1.29 is 18.7 Å². The SMILES string of the molecule is C[C@H](COCc1ccccc1)[C@H]1OC(=O)C=C[C@H]1O[Si](C)(C)C(C)(C)C. The van der Waals surface area contributed by atoms with Crippen LogP contribution in [0.15, 0.2) is 42.5 Å². The van der Waals surface area contributed by atoms with Gasteiger partial charge in [-0.05, 0) is 29.8 Å². The maximum atomic E-state index is 11.8. The number of carbonyl (C=O) groups is 1. The molecule has 0 aliphatic carbocycles. The molecule has 5 heteroatoms. The lowest BCUT2D eigenvalue weighted by molar-refractivity contribution is -0.154. The van der Waals surface area contributed by atoms with E-state index in [1.807, 2.05) is 43.3 Å². The van der Waals surface area contributed by atoms with E-state index < -0.39 is 8.32 Å². The predicted octanol–water partition coefficient (Wildman–Crippen LogP) is 4.71. The van der Waals surface area contributed by atoms with Crippen LogP contribution in [0.1, 0.15) is 33.3 Å². The van der Waals surface area contributed by atoms with E-state index in [-0.39, 0.29) is 29.1 Å². The van der Waals surface area contributed by atoms with Crippen molar-refractivity contribution >= 4 is 14.3 Å². The van der Waals surface area contributed by atoms with Crippen molar-refractivity contribution in [3.63, 3.8) is 0 Å². The van der Waals surface area contributed by atoms with Gasteiger partial charge in [0.1, 0.15) is 12.2 Å². The van der Waals surface area contributed by atoms with Crippen molar-refractivity contribution in [2.45, 2.75) is 64.6 Å². The fourth-order valence-corrected chi connectivity index (χ4v) is 3.87. The zero-order valence-electron chi connectivity index (χ0n) is 16.8. The highest BCUT2D eigenvalue weighted by atomic mass is 28.4. The van der Waals surface area contributed by atoms with Gasteiger partial charge in [-0.3, -0.25) is 0 Å². The molecule has 0 saturated carbocycles. The first-order valence-electron chi connectivity index (χ1n) is 9.28. The first-order chi connectivity index (χ1) is 12.1. The number of hydrogen-bond donors (Lipinski definition) is 0. The van der Waals surface area contributed by atoms with E-state index in [1.54, 1.807) is 0 Å². The van der Waals surface area contributed by atoms with Crippen molar-refractivity contribution in [1.29, 1.82) is 0 Å². The highest BCUT2D eigenvalue weighted by Crippen LogP contribution is 2.38. The van der Waals surface area contributed by atoms with Crippen LogP contribution < -0.4 is 0 Å². The van der Waals surface area contributed by atoms with Gasteiger partial charge in [-0.15, -0.1) is 0 Å². The molecule has 0 aromatic heterocycles. The van der Waals surface area contributed by atoms with Gasteiger partial charge in [0.05, 0.1) is 13.2 Å². The Bertz CT molecular complexity index is 619. The molecule has 0 spiro atoms. The molecule has 0 N–H and O–H groups in total. The summed E-state index contributed by atoms with van der Waals surface area (Å²) < 4.78 is 18.0. The number of esters is 1. The van der Waals surface area contributed by atoms with Crippen molar-refractivity contribution in [2.24, 2.45) is 5.92 Å². The summed E-state index contributed by atoms with van der Waals surface area (Å²) in [6, 6.07) is 10.1. The minimum absolute atomic E-state index is 0.0439. The number of cyclic esters (lactones) is 1. The zero-order valence-corrected chi connectivity index (χ0v) is 17.8. The Labute approximate surface area is 158 Å². The average Bonchev–Trinajstić information content (AvgIpc) is 2.56. The van der Waals surface area contributed by atoms with Crippen LogP contribution in [-0.2, 0) is 25.3 Å². The van der Waals surface area contributed by atoms with Gasteiger partial charge in [-0.25, -0.2) is 4.79 Å². The van der Waals surface area contributed by atoms with E-state index in [1.165, 1.54) is 6.08 Å². The summed E-state index contributed by atoms with van der Waals surface area (Å²) in [6.45, 7) is 14.2. The quantitative estimate of drug-likeness (QED) is 0.510. The molecule has 0 radical (unpaired) electrons. The Morgan fingerprint density at radius 1 is 1.19 bits per heavy atom. The normalized spacial score (nSPS) is 22.2. The molecular formula is C21H32O4Si. The van der Waals surface area contributed by atoms with Crippen molar-refractivity contribution in [3.8, 4) is 0 Å². The van der Waals surface area contributed by atoms with Gasteiger partial charge in [0.15, 0.2) is 8.32 Å². The molecular weight excluding hydrogens is 344 g/mol. The minimum Gasteiger partial charge on any atom is -0.456 e. The molecule has 0 saturated heterocycles. The van der Waals surface area contributed by atoms with E-state index in [4.69, 9.17) is 13.9 Å². The Balaban J connectivity index is 1.99. The second-order valence-electron chi connectivity index (χ2n) is 8.58. The summed E-state index contributed by atoms with van der Waals surface area (Å²) in [5, 5.41) is 0.0971. The Kier molecular flexibility index (Phi) is 6.83. The second-order valence-corrected chi connectivity index (χ2v) is 13.3. The third kappa shape index (κ3) is 5.53. The van der Waals surface area contributed by atoms with E-state index in [0.29, 0.717) is 13.2 Å². The van der Waals surface area contributed by atoms with Gasteiger partial charge in [0.25, 0.3) is 0 Å². The van der Waals surface area contributed by atoms with Crippen molar-refractivity contribution in [3.05, 3.63) is 48.0 Å². The summed E-state index contributed by atoms with van der Waals surface area (Å²) >= 11 is 0. The number of carbonyl (C=O) groups excluding carboxylic acids is 1. The molecule has 3 atom stereocenters. The van der Waals surface area contributed by atoms with Crippen molar-refractivity contribution in [1.82, 2.24) is 0 Å². The fraction of sp³-hybridized carbons (Fsp3) is 0.571. The van der Waals surface area contributed by atoms with Crippen LogP contribution in [0.4, 0.5) is 0 Å². The Morgan fingerprint density at radius 3 is 2.46 bits per heavy atom. The molecule has 26 heavy (non-hydrogen) atoms. The molecule has 1 aromatic rings. The Morgan fingerprint density at radius 2 is 1.85 bits per heavy atom. The largest absolute Gasteiger partial charge is 0.456 e. The van der Waals surface area contributed by atoms with Gasteiger partial charge in [-0.1, -0.05) is 58.0 Å². The standard InChI is InChI=1S/C21H32O4Si/c1-16(14-23-15-17-10-8-7-9-11-17)20-18(12-13-19(22)24-20)25-26(5,6)21(2,3)4/h7-13,16,18,20H,14-15H2,1-6H3/t16-,18-,20-/m1/s1. The molecule has 2 rings (SSSR count). The summed E-state index contributed by atoms with van der Waals surface area (Å²) in [5.41, 5.74) is 1.13. The van der Waals surface area contributed by atoms with Crippen LogP contribution >= 0.6 is 0 Å². The van der Waals surface area contributed by atoms with E-state index >= 15 is 0 Å². The van der Waals surface area contributed by atoms with Crippen LogP contribution in [0, 0.1) is 5.92 Å². The van der Waals surface area contributed by atoms with E-state index in [9.17, 15) is 4.79 Å². The lowest BCUT2D eigenvalue weighted by Crippen LogP contribution is -2.50. The fourth-order valence-electron chi connectivity index (χ4n) is 2.62. The highest BCUT2D eigenvalue weighted by molar-refractivity contribution is 6.74. The summed E-state index contributed by atoms with van der Waals surface area (Å²) in [7, 11) is -1.97. The van der Waals surface area contributed by atoms with Gasteiger partial charge in [-0.2, -0.15) is 0 Å². The molecule has 1 aromatic carbocycles. The zero-order chi connectivity index (χ0) is 19.4. The molecule has 0 unspecified atom stereocenters. The molecule has 1 heterocycles. The summed E-state index contributed by atoms with van der Waals surface area (Å²) in [5.74, 6) is -0.262. The van der Waals surface area contributed by atoms with Gasteiger partial charge >= 0.3 is 5.97 Å².